The maximum absolute atomic E-state index is 12.3. The van der Waals surface area contributed by atoms with Crippen molar-refractivity contribution in [1.29, 1.82) is 0 Å². The largest absolute Gasteiger partial charge is 0.354 e. The monoisotopic (exact) mass is 380 g/mol. The second kappa shape index (κ2) is 7.28. The summed E-state index contributed by atoms with van der Waals surface area (Å²) in [7, 11) is 0. The van der Waals surface area contributed by atoms with E-state index in [0.717, 1.165) is 80.6 Å². The van der Waals surface area contributed by atoms with Crippen molar-refractivity contribution in [2.24, 2.45) is 0 Å². The summed E-state index contributed by atoms with van der Waals surface area (Å²) in [5.74, 6) is 2.68. The third-order valence-corrected chi connectivity index (χ3v) is 6.15. The summed E-state index contributed by atoms with van der Waals surface area (Å²) in [6, 6.07) is 3.90. The normalized spacial score (nSPS) is 19.8. The highest BCUT2D eigenvalue weighted by atomic mass is 16.1. The molecule has 5 rings (SSSR count). The Bertz CT molecular complexity index is 927. The number of nitrogens with zero attached hydrogens (tertiary/aromatic N) is 6. The molecule has 2 fully saturated rings. The predicted molar refractivity (Wildman–Crippen MR) is 108 cm³/mol. The second-order valence-corrected chi connectivity index (χ2v) is 8.36. The van der Waals surface area contributed by atoms with Crippen molar-refractivity contribution in [3.63, 3.8) is 0 Å². The van der Waals surface area contributed by atoms with Gasteiger partial charge in [-0.25, -0.2) is 14.6 Å². The molecule has 2 aliphatic carbocycles. The van der Waals surface area contributed by atoms with E-state index < -0.39 is 0 Å². The topological polar surface area (TPSA) is 67.2 Å². The fourth-order valence-electron chi connectivity index (χ4n) is 4.30. The van der Waals surface area contributed by atoms with Crippen LogP contribution in [0, 0.1) is 6.92 Å². The Morgan fingerprint density at radius 3 is 2.64 bits per heavy atom. The number of aryl methyl sites for hydroxylation is 3. The van der Waals surface area contributed by atoms with Gasteiger partial charge in [0.05, 0.1) is 12.2 Å². The molecule has 0 N–H and O–H groups in total. The lowest BCUT2D eigenvalue weighted by Gasteiger charge is -2.35. The number of rotatable bonds is 5. The molecule has 28 heavy (non-hydrogen) atoms. The molecule has 3 aliphatic rings. The van der Waals surface area contributed by atoms with Crippen molar-refractivity contribution in [2.75, 3.05) is 37.6 Å². The first-order valence-electron chi connectivity index (χ1n) is 10.6. The van der Waals surface area contributed by atoms with Gasteiger partial charge in [-0.1, -0.05) is 0 Å². The molecule has 0 spiro atoms. The van der Waals surface area contributed by atoms with Crippen molar-refractivity contribution < 1.29 is 0 Å². The molecule has 148 valence electrons. The van der Waals surface area contributed by atoms with Gasteiger partial charge in [0.2, 0.25) is 0 Å². The zero-order valence-electron chi connectivity index (χ0n) is 16.6. The van der Waals surface area contributed by atoms with Crippen molar-refractivity contribution >= 4 is 5.82 Å². The zero-order chi connectivity index (χ0) is 19.1. The van der Waals surface area contributed by atoms with Gasteiger partial charge >= 0.3 is 0 Å². The molecule has 1 saturated carbocycles. The number of anilines is 1. The molecular formula is C21H28N6O. The number of fused-ring (bicyclic) bond motifs is 1. The van der Waals surface area contributed by atoms with Crippen molar-refractivity contribution in [3.05, 3.63) is 45.3 Å². The Hall–Kier alpha value is -2.28. The highest BCUT2D eigenvalue weighted by Crippen LogP contribution is 2.38. The molecule has 0 amide bonds. The van der Waals surface area contributed by atoms with E-state index in [9.17, 15) is 4.79 Å². The lowest BCUT2D eigenvalue weighted by molar-refractivity contribution is 0.242. The fraction of sp³-hybridized carbons (Fsp3) is 0.619. The van der Waals surface area contributed by atoms with E-state index in [-0.39, 0.29) is 5.56 Å². The third-order valence-electron chi connectivity index (χ3n) is 6.15. The standard InChI is InChI=1S/C21H28N6O/c1-15-13-19(23-21(22-15)16-5-6-16)26-10-7-25(8-11-26)9-12-27-20(28)14-17-3-2-4-18(17)24-27/h13-14,16H,2-12H2,1H3. The third kappa shape index (κ3) is 3.68. The first-order valence-corrected chi connectivity index (χ1v) is 10.6. The highest BCUT2D eigenvalue weighted by Gasteiger charge is 2.28. The lowest BCUT2D eigenvalue weighted by atomic mass is 10.2. The van der Waals surface area contributed by atoms with Crippen LogP contribution in [-0.2, 0) is 19.4 Å². The van der Waals surface area contributed by atoms with Crippen molar-refractivity contribution in [2.45, 2.75) is 51.5 Å². The summed E-state index contributed by atoms with van der Waals surface area (Å²) in [5, 5.41) is 4.59. The number of hydrogen-bond donors (Lipinski definition) is 0. The van der Waals surface area contributed by atoms with Gasteiger partial charge < -0.3 is 4.90 Å². The van der Waals surface area contributed by atoms with Gasteiger partial charge in [0, 0.05) is 56.5 Å². The Morgan fingerprint density at radius 2 is 1.86 bits per heavy atom. The smallest absolute Gasteiger partial charge is 0.267 e. The fourth-order valence-corrected chi connectivity index (χ4v) is 4.30. The molecule has 7 heteroatoms. The molecule has 0 unspecified atom stereocenters. The van der Waals surface area contributed by atoms with Crippen LogP contribution in [0.2, 0.25) is 0 Å². The van der Waals surface area contributed by atoms with Crippen LogP contribution in [0.5, 0.6) is 0 Å². The molecule has 2 aromatic heterocycles. The first-order chi connectivity index (χ1) is 13.7. The molecule has 0 atom stereocenters. The van der Waals surface area contributed by atoms with Gasteiger partial charge in [-0.15, -0.1) is 0 Å². The summed E-state index contributed by atoms with van der Waals surface area (Å²) in [4.78, 5) is 26.5. The minimum atomic E-state index is 0.0448. The summed E-state index contributed by atoms with van der Waals surface area (Å²) in [6.45, 7) is 7.51. The number of hydrogen-bond acceptors (Lipinski definition) is 6. The Morgan fingerprint density at radius 1 is 1.04 bits per heavy atom. The molecule has 0 bridgehead atoms. The molecule has 1 aliphatic heterocycles. The van der Waals surface area contributed by atoms with Gasteiger partial charge in [-0.05, 0) is 44.6 Å². The van der Waals surface area contributed by atoms with Gasteiger partial charge in [-0.3, -0.25) is 9.69 Å². The van der Waals surface area contributed by atoms with E-state index in [1.54, 1.807) is 10.7 Å². The molecule has 2 aromatic rings. The van der Waals surface area contributed by atoms with E-state index in [4.69, 9.17) is 4.98 Å². The van der Waals surface area contributed by atoms with Crippen LogP contribution in [0.1, 0.15) is 48.0 Å². The van der Waals surface area contributed by atoms with Crippen LogP contribution < -0.4 is 10.5 Å². The van der Waals surface area contributed by atoms with Gasteiger partial charge in [-0.2, -0.15) is 5.10 Å². The van der Waals surface area contributed by atoms with Crippen LogP contribution in [-0.4, -0.2) is 57.4 Å². The Kier molecular flexibility index (Phi) is 4.62. The molecule has 0 aromatic carbocycles. The molecule has 0 radical (unpaired) electrons. The number of aromatic nitrogens is 4. The SMILES string of the molecule is Cc1cc(N2CCN(CCn3nc4c(cc3=O)CCC4)CC2)nc(C2CC2)n1. The number of piperazine rings is 1. The zero-order valence-corrected chi connectivity index (χ0v) is 16.6. The van der Waals surface area contributed by atoms with Gasteiger partial charge in [0.15, 0.2) is 0 Å². The van der Waals surface area contributed by atoms with Crippen LogP contribution in [0.15, 0.2) is 16.9 Å². The molecule has 1 saturated heterocycles. The molecular weight excluding hydrogens is 352 g/mol. The van der Waals surface area contributed by atoms with Gasteiger partial charge in [0.25, 0.3) is 5.56 Å². The van der Waals surface area contributed by atoms with E-state index in [2.05, 4.69) is 32.9 Å². The Labute approximate surface area is 165 Å². The maximum Gasteiger partial charge on any atom is 0.267 e. The maximum atomic E-state index is 12.3. The van der Waals surface area contributed by atoms with Gasteiger partial charge in [0.1, 0.15) is 11.6 Å². The quantitative estimate of drug-likeness (QED) is 0.784. The van der Waals surface area contributed by atoms with Crippen LogP contribution in [0.25, 0.3) is 0 Å². The minimum Gasteiger partial charge on any atom is -0.354 e. The Balaban J connectivity index is 1.18. The average Bonchev–Trinajstić information content (AvgIpc) is 3.46. The average molecular weight is 380 g/mol. The van der Waals surface area contributed by atoms with Crippen LogP contribution >= 0.6 is 0 Å². The van der Waals surface area contributed by atoms with E-state index in [1.165, 1.54) is 12.8 Å². The molecule has 3 heterocycles. The summed E-state index contributed by atoms with van der Waals surface area (Å²) >= 11 is 0. The van der Waals surface area contributed by atoms with E-state index in [1.807, 2.05) is 0 Å². The van der Waals surface area contributed by atoms with Crippen LogP contribution in [0.4, 0.5) is 5.82 Å². The summed E-state index contributed by atoms with van der Waals surface area (Å²) in [6.07, 6.45) is 5.60. The second-order valence-electron chi connectivity index (χ2n) is 8.36. The highest BCUT2D eigenvalue weighted by molar-refractivity contribution is 5.41. The first kappa shape index (κ1) is 17.8. The van der Waals surface area contributed by atoms with E-state index >= 15 is 0 Å². The summed E-state index contributed by atoms with van der Waals surface area (Å²) in [5.41, 5.74) is 3.38. The molecule has 7 nitrogen and oxygen atoms in total. The summed E-state index contributed by atoms with van der Waals surface area (Å²) < 4.78 is 1.66. The van der Waals surface area contributed by atoms with E-state index in [0.29, 0.717) is 12.5 Å². The minimum absolute atomic E-state index is 0.0448. The van der Waals surface area contributed by atoms with Crippen molar-refractivity contribution in [1.82, 2.24) is 24.6 Å². The van der Waals surface area contributed by atoms with Crippen LogP contribution in [0.3, 0.4) is 0 Å². The predicted octanol–water partition coefficient (Wildman–Crippen LogP) is 1.53. The van der Waals surface area contributed by atoms with Crippen molar-refractivity contribution in [3.8, 4) is 0 Å². The lowest BCUT2D eigenvalue weighted by Crippen LogP contribution is -2.48.